The summed E-state index contributed by atoms with van der Waals surface area (Å²) in [6.45, 7) is 0. The highest BCUT2D eigenvalue weighted by Crippen LogP contribution is 2.25. The third-order valence-corrected chi connectivity index (χ3v) is 3.50. The lowest BCUT2D eigenvalue weighted by Crippen LogP contribution is -2.15. The molecule has 1 saturated heterocycles. The summed E-state index contributed by atoms with van der Waals surface area (Å²) in [4.78, 5) is 10.8. The first-order valence-electron chi connectivity index (χ1n) is 5.03. The maximum atomic E-state index is 10.8. The van der Waals surface area contributed by atoms with Crippen LogP contribution in [0, 0.1) is 0 Å². The van der Waals surface area contributed by atoms with E-state index in [0.29, 0.717) is 11.4 Å². The van der Waals surface area contributed by atoms with Crippen LogP contribution in [0.2, 0.25) is 0 Å². The highest BCUT2D eigenvalue weighted by Gasteiger charge is 2.17. The van der Waals surface area contributed by atoms with Crippen molar-refractivity contribution < 1.29 is 14.6 Å². The average Bonchev–Trinajstić information content (AvgIpc) is 2.69. The molecule has 86 valence electrons. The number of hydrogen-bond donors (Lipinski definition) is 2. The number of carboxylic acids is 1. The highest BCUT2D eigenvalue weighted by molar-refractivity contribution is 7.99. The lowest BCUT2D eigenvalue weighted by molar-refractivity contribution is 0.0696. The Labute approximate surface area is 97.8 Å². The van der Waals surface area contributed by atoms with Gasteiger partial charge in [0.05, 0.1) is 5.56 Å². The number of carbonyl (C=O) groups is 1. The molecule has 5 heteroatoms. The lowest BCUT2D eigenvalue weighted by Gasteiger charge is -2.13. The van der Waals surface area contributed by atoms with Crippen molar-refractivity contribution in [2.24, 2.45) is 0 Å². The molecule has 1 aliphatic rings. The molecule has 0 aliphatic carbocycles. The predicted octanol–water partition coefficient (Wildman–Crippen LogP) is 1.85. The molecule has 0 amide bonds. The molecule has 1 atom stereocenters. The molecule has 1 heterocycles. The molecule has 0 aromatic heterocycles. The minimum atomic E-state index is -0.988. The topological polar surface area (TPSA) is 72.5 Å². The molecule has 0 saturated carbocycles. The molecule has 1 aromatic rings. The first kappa shape index (κ1) is 11.1. The summed E-state index contributed by atoms with van der Waals surface area (Å²) in [5, 5.41) is 8.88. The van der Waals surface area contributed by atoms with Crippen molar-refractivity contribution in [3.63, 3.8) is 0 Å². The van der Waals surface area contributed by atoms with E-state index in [9.17, 15) is 4.79 Å². The molecule has 1 aliphatic heterocycles. The quantitative estimate of drug-likeness (QED) is 0.787. The largest absolute Gasteiger partial charge is 0.489 e. The number of ether oxygens (including phenoxy) is 1. The van der Waals surface area contributed by atoms with Gasteiger partial charge < -0.3 is 15.6 Å². The number of nitrogens with two attached hydrogens (primary N) is 1. The fourth-order valence-corrected chi connectivity index (χ4v) is 2.71. The van der Waals surface area contributed by atoms with Crippen LogP contribution in [-0.4, -0.2) is 28.7 Å². The number of aromatic carboxylic acids is 1. The van der Waals surface area contributed by atoms with Crippen LogP contribution in [-0.2, 0) is 0 Å². The monoisotopic (exact) mass is 239 g/mol. The van der Waals surface area contributed by atoms with Gasteiger partial charge in [0, 0.05) is 17.5 Å². The van der Waals surface area contributed by atoms with Crippen LogP contribution in [0.15, 0.2) is 18.2 Å². The molecule has 1 aromatic carbocycles. The van der Waals surface area contributed by atoms with Crippen molar-refractivity contribution >= 4 is 23.4 Å². The Kier molecular flexibility index (Phi) is 3.24. The third-order valence-electron chi connectivity index (χ3n) is 2.37. The van der Waals surface area contributed by atoms with Crippen molar-refractivity contribution in [3.05, 3.63) is 23.8 Å². The van der Waals surface area contributed by atoms with Crippen LogP contribution in [0.4, 0.5) is 5.69 Å². The Morgan fingerprint density at radius 1 is 1.50 bits per heavy atom. The van der Waals surface area contributed by atoms with Gasteiger partial charge in [0.25, 0.3) is 0 Å². The van der Waals surface area contributed by atoms with E-state index in [-0.39, 0.29) is 11.7 Å². The summed E-state index contributed by atoms with van der Waals surface area (Å²) in [6.07, 6.45) is 1.18. The molecule has 0 spiro atoms. The Morgan fingerprint density at radius 3 is 2.94 bits per heavy atom. The number of anilines is 1. The van der Waals surface area contributed by atoms with Crippen molar-refractivity contribution in [1.29, 1.82) is 0 Å². The van der Waals surface area contributed by atoms with Crippen molar-refractivity contribution in [2.75, 3.05) is 17.2 Å². The lowest BCUT2D eigenvalue weighted by atomic mass is 10.2. The van der Waals surface area contributed by atoms with Gasteiger partial charge in [-0.25, -0.2) is 4.79 Å². The molecule has 1 fully saturated rings. The van der Waals surface area contributed by atoms with Gasteiger partial charge in [-0.3, -0.25) is 0 Å². The summed E-state index contributed by atoms with van der Waals surface area (Å²) in [5.74, 6) is 1.61. The number of carboxylic acid groups (broad SMARTS) is 1. The number of hydrogen-bond acceptors (Lipinski definition) is 4. The molecule has 1 unspecified atom stereocenters. The zero-order valence-electron chi connectivity index (χ0n) is 8.68. The number of rotatable bonds is 3. The predicted molar refractivity (Wildman–Crippen MR) is 64.2 cm³/mol. The molecule has 2 rings (SSSR count). The van der Waals surface area contributed by atoms with Crippen molar-refractivity contribution in [3.8, 4) is 5.75 Å². The van der Waals surface area contributed by atoms with E-state index in [2.05, 4.69) is 0 Å². The van der Waals surface area contributed by atoms with Gasteiger partial charge in [-0.1, -0.05) is 0 Å². The van der Waals surface area contributed by atoms with Gasteiger partial charge in [0.2, 0.25) is 0 Å². The van der Waals surface area contributed by atoms with E-state index in [1.54, 1.807) is 6.07 Å². The fraction of sp³-hybridized carbons (Fsp3) is 0.364. The van der Waals surface area contributed by atoms with Gasteiger partial charge in [0.15, 0.2) is 0 Å². The van der Waals surface area contributed by atoms with Crippen molar-refractivity contribution in [2.45, 2.75) is 12.5 Å². The van der Waals surface area contributed by atoms with E-state index in [4.69, 9.17) is 15.6 Å². The average molecular weight is 239 g/mol. The number of nitrogen functional groups attached to an aromatic ring is 1. The van der Waals surface area contributed by atoms with Crippen LogP contribution in [0.5, 0.6) is 5.75 Å². The molecule has 0 bridgehead atoms. The Bertz CT molecular complexity index is 402. The normalized spacial score (nSPS) is 19.6. The molecular formula is C11H13NO3S. The van der Waals surface area contributed by atoms with Gasteiger partial charge in [-0.15, -0.1) is 0 Å². The van der Waals surface area contributed by atoms with E-state index in [1.807, 2.05) is 11.8 Å². The second kappa shape index (κ2) is 4.65. The van der Waals surface area contributed by atoms with E-state index >= 15 is 0 Å². The van der Waals surface area contributed by atoms with Gasteiger partial charge in [0.1, 0.15) is 11.9 Å². The zero-order chi connectivity index (χ0) is 11.5. The van der Waals surface area contributed by atoms with Crippen LogP contribution in [0.3, 0.4) is 0 Å². The van der Waals surface area contributed by atoms with Crippen LogP contribution >= 0.6 is 11.8 Å². The summed E-state index contributed by atoms with van der Waals surface area (Å²) in [7, 11) is 0. The number of thioether (sulfide) groups is 1. The van der Waals surface area contributed by atoms with Crippen molar-refractivity contribution in [1.82, 2.24) is 0 Å². The zero-order valence-corrected chi connectivity index (χ0v) is 9.50. The van der Waals surface area contributed by atoms with Gasteiger partial charge >= 0.3 is 5.97 Å². The first-order chi connectivity index (χ1) is 7.65. The van der Waals surface area contributed by atoms with E-state index < -0.39 is 5.97 Å². The van der Waals surface area contributed by atoms with Gasteiger partial charge in [-0.2, -0.15) is 11.8 Å². The summed E-state index contributed by atoms with van der Waals surface area (Å²) in [6, 6.07) is 4.61. The Hall–Kier alpha value is -1.36. The Balaban J connectivity index is 2.16. The standard InChI is InChI=1S/C11H13NO3S/c12-8-3-7(11(13)14)4-10(5-8)15-9-1-2-16-6-9/h3-5,9H,1-2,6,12H2,(H,13,14). The maximum Gasteiger partial charge on any atom is 0.335 e. The Morgan fingerprint density at radius 2 is 2.31 bits per heavy atom. The smallest absolute Gasteiger partial charge is 0.335 e. The fourth-order valence-electron chi connectivity index (χ4n) is 1.61. The van der Waals surface area contributed by atoms with Crippen LogP contribution < -0.4 is 10.5 Å². The minimum Gasteiger partial charge on any atom is -0.489 e. The van der Waals surface area contributed by atoms with E-state index in [1.165, 1.54) is 12.1 Å². The summed E-state index contributed by atoms with van der Waals surface area (Å²) in [5.41, 5.74) is 6.21. The molecule has 0 radical (unpaired) electrons. The first-order valence-corrected chi connectivity index (χ1v) is 6.19. The van der Waals surface area contributed by atoms with E-state index in [0.717, 1.165) is 17.9 Å². The molecular weight excluding hydrogens is 226 g/mol. The SMILES string of the molecule is Nc1cc(OC2CCSC2)cc(C(=O)O)c1. The maximum absolute atomic E-state index is 10.8. The molecule has 16 heavy (non-hydrogen) atoms. The highest BCUT2D eigenvalue weighted by atomic mass is 32.2. The second-order valence-electron chi connectivity index (χ2n) is 3.70. The minimum absolute atomic E-state index is 0.167. The number of benzene rings is 1. The summed E-state index contributed by atoms with van der Waals surface area (Å²) < 4.78 is 5.68. The molecule has 3 N–H and O–H groups in total. The van der Waals surface area contributed by atoms with Crippen LogP contribution in [0.1, 0.15) is 16.8 Å². The summed E-state index contributed by atoms with van der Waals surface area (Å²) >= 11 is 1.84. The second-order valence-corrected chi connectivity index (χ2v) is 4.85. The van der Waals surface area contributed by atoms with Crippen LogP contribution in [0.25, 0.3) is 0 Å². The molecule has 4 nitrogen and oxygen atoms in total. The van der Waals surface area contributed by atoms with Gasteiger partial charge in [-0.05, 0) is 24.3 Å². The third kappa shape index (κ3) is 2.61.